The predicted molar refractivity (Wildman–Crippen MR) is 91.3 cm³/mol. The fourth-order valence-electron chi connectivity index (χ4n) is 2.25. The van der Waals surface area contributed by atoms with Gasteiger partial charge in [-0.25, -0.2) is 0 Å². The molecule has 0 heterocycles. The monoisotopic (exact) mass is 347 g/mol. The number of rotatable bonds is 6. The number of esters is 1. The first-order chi connectivity index (χ1) is 11.5. The fraction of sp³-hybridized carbons (Fsp3) is 0.222. The molecular formula is C18H18ClNO4. The maximum Gasteiger partial charge on any atom is 0.307 e. The lowest BCUT2D eigenvalue weighted by atomic mass is 10.0. The molecule has 1 amide bonds. The molecule has 0 radical (unpaired) electrons. The van der Waals surface area contributed by atoms with E-state index in [0.717, 1.165) is 0 Å². The summed E-state index contributed by atoms with van der Waals surface area (Å²) in [6.45, 7) is 0. The highest BCUT2D eigenvalue weighted by Gasteiger charge is 2.21. The van der Waals surface area contributed by atoms with Gasteiger partial charge in [-0.3, -0.25) is 9.59 Å². The minimum absolute atomic E-state index is 0.0179. The van der Waals surface area contributed by atoms with E-state index in [1.165, 1.54) is 14.2 Å². The van der Waals surface area contributed by atoms with Crippen molar-refractivity contribution in [3.05, 3.63) is 64.7 Å². The van der Waals surface area contributed by atoms with E-state index in [0.29, 0.717) is 21.9 Å². The van der Waals surface area contributed by atoms with Crippen molar-refractivity contribution in [2.45, 2.75) is 12.5 Å². The molecule has 126 valence electrons. The van der Waals surface area contributed by atoms with Gasteiger partial charge in [-0.1, -0.05) is 35.9 Å². The molecule has 2 rings (SSSR count). The third-order valence-electron chi connectivity index (χ3n) is 3.52. The molecule has 0 saturated heterocycles. The van der Waals surface area contributed by atoms with Crippen molar-refractivity contribution < 1.29 is 19.1 Å². The molecule has 5 nitrogen and oxygen atoms in total. The number of halogens is 1. The molecule has 1 atom stereocenters. The molecule has 0 aliphatic rings. The van der Waals surface area contributed by atoms with Gasteiger partial charge in [-0.05, 0) is 29.8 Å². The number of hydrogen-bond acceptors (Lipinski definition) is 4. The van der Waals surface area contributed by atoms with E-state index in [9.17, 15) is 9.59 Å². The molecule has 0 fully saturated rings. The number of nitrogens with one attached hydrogen (secondary N) is 1. The van der Waals surface area contributed by atoms with Crippen LogP contribution < -0.4 is 10.1 Å². The van der Waals surface area contributed by atoms with Crippen molar-refractivity contribution in [2.75, 3.05) is 14.2 Å². The SMILES string of the molecule is COC(=O)CC(NC(=O)c1cccc(OC)c1)c1ccccc1Cl. The molecule has 0 spiro atoms. The molecule has 2 aromatic carbocycles. The lowest BCUT2D eigenvalue weighted by molar-refractivity contribution is -0.141. The standard InChI is InChI=1S/C18H18ClNO4/c1-23-13-7-5-6-12(10-13)18(22)20-16(11-17(21)24-2)14-8-3-4-9-15(14)19/h3-10,16H,11H2,1-2H3,(H,20,22). The number of methoxy groups -OCH3 is 2. The van der Waals surface area contributed by atoms with Crippen LogP contribution in [-0.4, -0.2) is 26.1 Å². The second-order valence-corrected chi connectivity index (χ2v) is 5.47. The van der Waals surface area contributed by atoms with Gasteiger partial charge < -0.3 is 14.8 Å². The van der Waals surface area contributed by atoms with Crippen LogP contribution in [0.3, 0.4) is 0 Å². The molecule has 0 aliphatic carbocycles. The van der Waals surface area contributed by atoms with E-state index in [4.69, 9.17) is 21.1 Å². The van der Waals surface area contributed by atoms with Crippen LogP contribution in [0.15, 0.2) is 48.5 Å². The van der Waals surface area contributed by atoms with Gasteiger partial charge in [0, 0.05) is 10.6 Å². The molecule has 0 saturated carbocycles. The number of carbonyl (C=O) groups is 2. The Morgan fingerprint density at radius 2 is 1.88 bits per heavy atom. The normalized spacial score (nSPS) is 11.5. The van der Waals surface area contributed by atoms with Crippen LogP contribution in [0.5, 0.6) is 5.75 Å². The van der Waals surface area contributed by atoms with Crippen molar-refractivity contribution in [1.82, 2.24) is 5.32 Å². The van der Waals surface area contributed by atoms with Gasteiger partial charge in [-0.15, -0.1) is 0 Å². The van der Waals surface area contributed by atoms with Crippen LogP contribution in [0.4, 0.5) is 0 Å². The first-order valence-electron chi connectivity index (χ1n) is 7.31. The number of benzene rings is 2. The third kappa shape index (κ3) is 4.49. The van der Waals surface area contributed by atoms with Crippen LogP contribution in [0.1, 0.15) is 28.4 Å². The smallest absolute Gasteiger partial charge is 0.307 e. The average Bonchev–Trinajstić information content (AvgIpc) is 2.61. The van der Waals surface area contributed by atoms with Crippen molar-refractivity contribution in [3.8, 4) is 5.75 Å². The van der Waals surface area contributed by atoms with E-state index >= 15 is 0 Å². The summed E-state index contributed by atoms with van der Waals surface area (Å²) < 4.78 is 9.83. The van der Waals surface area contributed by atoms with Crippen LogP contribution >= 0.6 is 11.6 Å². The molecule has 24 heavy (non-hydrogen) atoms. The molecule has 0 aromatic heterocycles. The Kier molecular flexibility index (Phi) is 6.21. The maximum absolute atomic E-state index is 12.5. The Hall–Kier alpha value is -2.53. The molecule has 1 unspecified atom stereocenters. The summed E-state index contributed by atoms with van der Waals surface area (Å²) in [5.41, 5.74) is 1.08. The highest BCUT2D eigenvalue weighted by molar-refractivity contribution is 6.31. The summed E-state index contributed by atoms with van der Waals surface area (Å²) >= 11 is 6.20. The van der Waals surface area contributed by atoms with Crippen molar-refractivity contribution in [3.63, 3.8) is 0 Å². The zero-order valence-electron chi connectivity index (χ0n) is 13.4. The highest BCUT2D eigenvalue weighted by Crippen LogP contribution is 2.26. The Morgan fingerprint density at radius 3 is 2.54 bits per heavy atom. The number of ether oxygens (including phenoxy) is 2. The minimum atomic E-state index is -0.593. The minimum Gasteiger partial charge on any atom is -0.497 e. The van der Waals surface area contributed by atoms with E-state index in [1.807, 2.05) is 0 Å². The van der Waals surface area contributed by atoms with Crippen LogP contribution in [0, 0.1) is 0 Å². The second kappa shape index (κ2) is 8.36. The van der Waals surface area contributed by atoms with Gasteiger partial charge in [0.1, 0.15) is 5.75 Å². The van der Waals surface area contributed by atoms with Crippen LogP contribution in [0.25, 0.3) is 0 Å². The Balaban J connectivity index is 2.25. The van der Waals surface area contributed by atoms with Crippen molar-refractivity contribution >= 4 is 23.5 Å². The number of carbonyl (C=O) groups excluding carboxylic acids is 2. The van der Waals surface area contributed by atoms with E-state index in [2.05, 4.69) is 5.32 Å². The molecule has 0 bridgehead atoms. The van der Waals surface area contributed by atoms with E-state index in [-0.39, 0.29) is 12.3 Å². The summed E-state index contributed by atoms with van der Waals surface area (Å²) in [4.78, 5) is 24.2. The number of amides is 1. The lowest BCUT2D eigenvalue weighted by Crippen LogP contribution is -2.30. The van der Waals surface area contributed by atoms with Crippen LogP contribution in [0.2, 0.25) is 5.02 Å². The fourth-order valence-corrected chi connectivity index (χ4v) is 2.52. The van der Waals surface area contributed by atoms with Gasteiger partial charge in [0.15, 0.2) is 0 Å². The Bertz CT molecular complexity index is 732. The third-order valence-corrected chi connectivity index (χ3v) is 3.86. The maximum atomic E-state index is 12.5. The van der Waals surface area contributed by atoms with Crippen molar-refractivity contribution in [2.24, 2.45) is 0 Å². The Morgan fingerprint density at radius 1 is 1.12 bits per heavy atom. The summed E-state index contributed by atoms with van der Waals surface area (Å²) in [6.07, 6.45) is -0.0179. The van der Waals surface area contributed by atoms with Gasteiger partial charge >= 0.3 is 5.97 Å². The van der Waals surface area contributed by atoms with E-state index in [1.54, 1.807) is 48.5 Å². The lowest BCUT2D eigenvalue weighted by Gasteiger charge is -2.19. The summed E-state index contributed by atoms with van der Waals surface area (Å²) in [5, 5.41) is 3.30. The molecular weight excluding hydrogens is 330 g/mol. The first-order valence-corrected chi connectivity index (χ1v) is 7.69. The molecule has 1 N–H and O–H groups in total. The molecule has 6 heteroatoms. The van der Waals surface area contributed by atoms with Gasteiger partial charge in [0.05, 0.1) is 26.7 Å². The molecule has 2 aromatic rings. The van der Waals surface area contributed by atoms with Gasteiger partial charge in [-0.2, -0.15) is 0 Å². The quantitative estimate of drug-likeness (QED) is 0.813. The largest absolute Gasteiger partial charge is 0.497 e. The summed E-state index contributed by atoms with van der Waals surface area (Å²) in [5.74, 6) is -0.196. The summed E-state index contributed by atoms with van der Waals surface area (Å²) in [7, 11) is 2.83. The second-order valence-electron chi connectivity index (χ2n) is 5.06. The Labute approximate surface area is 145 Å². The van der Waals surface area contributed by atoms with Gasteiger partial charge in [0.25, 0.3) is 5.91 Å². The van der Waals surface area contributed by atoms with Gasteiger partial charge in [0.2, 0.25) is 0 Å². The first kappa shape index (κ1) is 17.8. The average molecular weight is 348 g/mol. The van der Waals surface area contributed by atoms with Crippen LogP contribution in [-0.2, 0) is 9.53 Å². The van der Waals surface area contributed by atoms with Crippen molar-refractivity contribution in [1.29, 1.82) is 0 Å². The zero-order chi connectivity index (χ0) is 17.5. The number of hydrogen-bond donors (Lipinski definition) is 1. The predicted octanol–water partition coefficient (Wildman–Crippen LogP) is 3.38. The van der Waals surface area contributed by atoms with E-state index < -0.39 is 12.0 Å². The summed E-state index contributed by atoms with van der Waals surface area (Å²) in [6, 6.07) is 13.2. The topological polar surface area (TPSA) is 64.6 Å². The zero-order valence-corrected chi connectivity index (χ0v) is 14.2. The highest BCUT2D eigenvalue weighted by atomic mass is 35.5. The molecule has 0 aliphatic heterocycles.